The molecule has 96 valence electrons. The number of nitro benzene ring substituents is 1. The average molecular weight is 253 g/mol. The summed E-state index contributed by atoms with van der Waals surface area (Å²) in [6.07, 6.45) is 0.712. The maximum absolute atomic E-state index is 13.1. The summed E-state index contributed by atoms with van der Waals surface area (Å²) < 4.78 is 13.1. The molecular formula is C11H12FN3O3. The molecule has 2 rings (SSSR count). The van der Waals surface area contributed by atoms with E-state index in [1.165, 1.54) is 0 Å². The van der Waals surface area contributed by atoms with Crippen molar-refractivity contribution >= 4 is 17.3 Å². The minimum atomic E-state index is -0.746. The summed E-state index contributed by atoms with van der Waals surface area (Å²) in [6.45, 7) is 1.34. The van der Waals surface area contributed by atoms with Gasteiger partial charge in [-0.1, -0.05) is 0 Å². The number of nitrogens with zero attached hydrogens (tertiary/aromatic N) is 1. The van der Waals surface area contributed by atoms with Crippen LogP contribution in [0.4, 0.5) is 15.8 Å². The van der Waals surface area contributed by atoms with E-state index >= 15 is 0 Å². The summed E-state index contributed by atoms with van der Waals surface area (Å²) in [7, 11) is 0. The van der Waals surface area contributed by atoms with Gasteiger partial charge in [-0.25, -0.2) is 4.39 Å². The van der Waals surface area contributed by atoms with E-state index in [0.29, 0.717) is 13.0 Å². The lowest BCUT2D eigenvalue weighted by Crippen LogP contribution is -2.24. The molecule has 1 aliphatic rings. The Bertz CT molecular complexity index is 486. The topological polar surface area (TPSA) is 84.3 Å². The van der Waals surface area contributed by atoms with Crippen LogP contribution in [0.3, 0.4) is 0 Å². The van der Waals surface area contributed by atoms with Gasteiger partial charge in [-0.3, -0.25) is 14.9 Å². The zero-order valence-corrected chi connectivity index (χ0v) is 9.48. The van der Waals surface area contributed by atoms with Gasteiger partial charge in [-0.05, 0) is 19.0 Å². The van der Waals surface area contributed by atoms with Gasteiger partial charge in [0.25, 0.3) is 5.69 Å². The highest BCUT2D eigenvalue weighted by atomic mass is 19.1. The van der Waals surface area contributed by atoms with Crippen LogP contribution in [0.2, 0.25) is 0 Å². The molecule has 0 spiro atoms. The fourth-order valence-electron chi connectivity index (χ4n) is 1.87. The van der Waals surface area contributed by atoms with Gasteiger partial charge in [-0.2, -0.15) is 0 Å². The number of nitrogens with one attached hydrogen (secondary N) is 2. The number of benzene rings is 1. The van der Waals surface area contributed by atoms with Gasteiger partial charge in [0.05, 0.1) is 22.6 Å². The molecule has 1 atom stereocenters. The Labute approximate surface area is 102 Å². The molecule has 18 heavy (non-hydrogen) atoms. The van der Waals surface area contributed by atoms with Crippen LogP contribution in [-0.2, 0) is 4.79 Å². The second-order valence-electron chi connectivity index (χ2n) is 4.13. The molecule has 1 aromatic rings. The van der Waals surface area contributed by atoms with Crippen molar-refractivity contribution in [2.24, 2.45) is 5.92 Å². The molecular weight excluding hydrogens is 241 g/mol. The quantitative estimate of drug-likeness (QED) is 0.627. The van der Waals surface area contributed by atoms with Crippen molar-refractivity contribution in [3.8, 4) is 0 Å². The Kier molecular flexibility index (Phi) is 3.52. The lowest BCUT2D eigenvalue weighted by Gasteiger charge is -2.09. The van der Waals surface area contributed by atoms with Crippen molar-refractivity contribution in [3.05, 3.63) is 34.1 Å². The van der Waals surface area contributed by atoms with Crippen LogP contribution in [0.15, 0.2) is 18.2 Å². The van der Waals surface area contributed by atoms with Crippen LogP contribution in [0.5, 0.6) is 0 Å². The van der Waals surface area contributed by atoms with Gasteiger partial charge >= 0.3 is 0 Å². The predicted molar refractivity (Wildman–Crippen MR) is 62.7 cm³/mol. The lowest BCUT2D eigenvalue weighted by atomic mass is 10.1. The number of hydrogen-bond acceptors (Lipinski definition) is 4. The Morgan fingerprint density at radius 3 is 2.89 bits per heavy atom. The molecule has 0 radical (unpaired) electrons. The smallest absolute Gasteiger partial charge is 0.274 e. The molecule has 0 saturated carbocycles. The summed E-state index contributed by atoms with van der Waals surface area (Å²) in [5.41, 5.74) is -0.270. The largest absolute Gasteiger partial charge is 0.325 e. The summed E-state index contributed by atoms with van der Waals surface area (Å²) in [4.78, 5) is 21.6. The summed E-state index contributed by atoms with van der Waals surface area (Å²) in [5, 5.41) is 16.1. The fourth-order valence-corrected chi connectivity index (χ4v) is 1.87. The van der Waals surface area contributed by atoms with Gasteiger partial charge in [0, 0.05) is 12.6 Å². The molecule has 1 unspecified atom stereocenters. The van der Waals surface area contributed by atoms with Gasteiger partial charge in [0.15, 0.2) is 0 Å². The predicted octanol–water partition coefficient (Wildman–Crippen LogP) is 1.28. The first kappa shape index (κ1) is 12.4. The second-order valence-corrected chi connectivity index (χ2v) is 4.13. The molecule has 0 bridgehead atoms. The maximum atomic E-state index is 13.1. The molecule has 7 heteroatoms. The number of hydrogen-bond donors (Lipinski definition) is 2. The number of rotatable bonds is 3. The molecule has 1 amide bonds. The first-order chi connectivity index (χ1) is 8.56. The van der Waals surface area contributed by atoms with Gasteiger partial charge in [-0.15, -0.1) is 0 Å². The highest BCUT2D eigenvalue weighted by Gasteiger charge is 2.23. The van der Waals surface area contributed by atoms with E-state index in [2.05, 4.69) is 10.6 Å². The van der Waals surface area contributed by atoms with Crippen LogP contribution >= 0.6 is 0 Å². The fraction of sp³-hybridized carbons (Fsp3) is 0.364. The third kappa shape index (κ3) is 2.80. The molecule has 0 aliphatic carbocycles. The van der Waals surface area contributed by atoms with Crippen molar-refractivity contribution in [2.45, 2.75) is 6.42 Å². The van der Waals surface area contributed by atoms with Crippen LogP contribution < -0.4 is 10.6 Å². The summed E-state index contributed by atoms with van der Waals surface area (Å²) >= 11 is 0. The molecule has 0 aromatic heterocycles. The van der Waals surface area contributed by atoms with Crippen LogP contribution in [0.1, 0.15) is 6.42 Å². The third-order valence-electron chi connectivity index (χ3n) is 2.79. The van der Waals surface area contributed by atoms with Crippen molar-refractivity contribution in [3.63, 3.8) is 0 Å². The van der Waals surface area contributed by atoms with Gasteiger partial charge in [0.1, 0.15) is 5.82 Å². The normalized spacial score (nSPS) is 18.6. The van der Waals surface area contributed by atoms with E-state index < -0.39 is 10.7 Å². The number of non-ortho nitro benzene ring substituents is 1. The maximum Gasteiger partial charge on any atom is 0.274 e. The number of carbonyl (C=O) groups excluding carboxylic acids is 1. The van der Waals surface area contributed by atoms with Gasteiger partial charge < -0.3 is 10.6 Å². The third-order valence-corrected chi connectivity index (χ3v) is 2.79. The first-order valence-electron chi connectivity index (χ1n) is 5.53. The minimum Gasteiger partial charge on any atom is -0.325 e. The Morgan fingerprint density at radius 2 is 2.28 bits per heavy atom. The highest BCUT2D eigenvalue weighted by Crippen LogP contribution is 2.21. The second kappa shape index (κ2) is 5.09. The SMILES string of the molecule is O=C(Nc1cc(F)cc([N+](=O)[O-])c1)C1CCNC1. The molecule has 1 fully saturated rings. The molecule has 1 saturated heterocycles. The molecule has 1 aromatic carbocycles. The standard InChI is InChI=1S/C11H12FN3O3/c12-8-3-9(5-10(4-8)15(17)18)14-11(16)7-1-2-13-6-7/h3-5,7,13H,1-2,6H2,(H,14,16). The van der Waals surface area contributed by atoms with E-state index in [-0.39, 0.29) is 23.2 Å². The van der Waals surface area contributed by atoms with Crippen molar-refractivity contribution in [1.82, 2.24) is 5.32 Å². The number of anilines is 1. The number of amides is 1. The molecule has 1 heterocycles. The molecule has 1 aliphatic heterocycles. The van der Waals surface area contributed by atoms with Crippen molar-refractivity contribution in [1.29, 1.82) is 0 Å². The number of carbonyl (C=O) groups is 1. The Morgan fingerprint density at radius 1 is 1.50 bits per heavy atom. The van der Waals surface area contributed by atoms with E-state index in [0.717, 1.165) is 24.7 Å². The average Bonchev–Trinajstić information content (AvgIpc) is 2.81. The Balaban J connectivity index is 2.13. The summed E-state index contributed by atoms with van der Waals surface area (Å²) in [5.74, 6) is -1.17. The lowest BCUT2D eigenvalue weighted by molar-refractivity contribution is -0.385. The van der Waals surface area contributed by atoms with Crippen molar-refractivity contribution < 1.29 is 14.1 Å². The minimum absolute atomic E-state index is 0.110. The summed E-state index contributed by atoms with van der Waals surface area (Å²) in [6, 6.07) is 3.02. The zero-order valence-electron chi connectivity index (χ0n) is 9.48. The first-order valence-corrected chi connectivity index (χ1v) is 5.53. The van der Waals surface area contributed by atoms with Gasteiger partial charge in [0.2, 0.25) is 5.91 Å². The van der Waals surface area contributed by atoms with E-state index in [4.69, 9.17) is 0 Å². The number of halogens is 1. The van der Waals surface area contributed by atoms with Crippen LogP contribution in [-0.4, -0.2) is 23.9 Å². The number of nitro groups is 1. The van der Waals surface area contributed by atoms with E-state index in [1.54, 1.807) is 0 Å². The molecule has 6 nitrogen and oxygen atoms in total. The van der Waals surface area contributed by atoms with E-state index in [1.807, 2.05) is 0 Å². The van der Waals surface area contributed by atoms with Crippen LogP contribution in [0, 0.1) is 21.8 Å². The highest BCUT2D eigenvalue weighted by molar-refractivity contribution is 5.93. The van der Waals surface area contributed by atoms with Crippen LogP contribution in [0.25, 0.3) is 0 Å². The van der Waals surface area contributed by atoms with E-state index in [9.17, 15) is 19.3 Å². The molecule has 2 N–H and O–H groups in total. The van der Waals surface area contributed by atoms with Crippen molar-refractivity contribution in [2.75, 3.05) is 18.4 Å². The zero-order chi connectivity index (χ0) is 13.1. The Hall–Kier alpha value is -2.02. The monoisotopic (exact) mass is 253 g/mol.